The van der Waals surface area contributed by atoms with E-state index in [4.69, 9.17) is 0 Å². The van der Waals surface area contributed by atoms with Crippen LogP contribution in [0.15, 0.2) is 14.7 Å². The predicted octanol–water partition coefficient (Wildman–Crippen LogP) is 1.12. The number of thioether (sulfide) groups is 1. The van der Waals surface area contributed by atoms with Crippen LogP contribution >= 0.6 is 11.8 Å². The molecule has 7 heteroatoms. The molecule has 6 nitrogen and oxygen atoms in total. The number of aromatic nitrogens is 3. The SMILES string of the molecule is CCNC(CSc1nc(=O)c(=O)[nH]n1C)C1CCCCC1. The Morgan fingerprint density at radius 2 is 2.10 bits per heavy atom. The van der Waals surface area contributed by atoms with E-state index in [0.717, 1.165) is 12.3 Å². The van der Waals surface area contributed by atoms with E-state index in [1.165, 1.54) is 48.5 Å². The van der Waals surface area contributed by atoms with Gasteiger partial charge in [-0.3, -0.25) is 19.4 Å². The van der Waals surface area contributed by atoms with Crippen LogP contribution in [0.2, 0.25) is 0 Å². The van der Waals surface area contributed by atoms with Gasteiger partial charge in [-0.2, -0.15) is 4.98 Å². The maximum atomic E-state index is 11.4. The van der Waals surface area contributed by atoms with Gasteiger partial charge in [0.2, 0.25) is 0 Å². The third-order valence-electron chi connectivity index (χ3n) is 4.02. The molecule has 0 radical (unpaired) electrons. The van der Waals surface area contributed by atoms with Gasteiger partial charge in [0.25, 0.3) is 0 Å². The highest BCUT2D eigenvalue weighted by molar-refractivity contribution is 7.99. The van der Waals surface area contributed by atoms with Crippen LogP contribution < -0.4 is 16.4 Å². The lowest BCUT2D eigenvalue weighted by Gasteiger charge is -2.30. The molecule has 1 atom stereocenters. The number of nitrogens with one attached hydrogen (secondary N) is 2. The smallest absolute Gasteiger partial charge is 0.313 e. The van der Waals surface area contributed by atoms with Crippen molar-refractivity contribution in [2.45, 2.75) is 50.2 Å². The zero-order chi connectivity index (χ0) is 15.2. The van der Waals surface area contributed by atoms with Crippen molar-refractivity contribution >= 4 is 11.8 Å². The molecule has 21 heavy (non-hydrogen) atoms. The molecule has 1 unspecified atom stereocenters. The molecular weight excluding hydrogens is 288 g/mol. The number of hydrogen-bond donors (Lipinski definition) is 2. The summed E-state index contributed by atoms with van der Waals surface area (Å²) in [4.78, 5) is 26.4. The van der Waals surface area contributed by atoms with Crippen LogP contribution in [-0.2, 0) is 7.05 Å². The number of rotatable bonds is 6. The Hall–Kier alpha value is -1.08. The van der Waals surface area contributed by atoms with E-state index in [-0.39, 0.29) is 0 Å². The summed E-state index contributed by atoms with van der Waals surface area (Å²) in [5.41, 5.74) is -1.38. The molecule has 1 saturated carbocycles. The molecule has 2 N–H and O–H groups in total. The minimum absolute atomic E-state index is 0.434. The van der Waals surface area contributed by atoms with Gasteiger partial charge in [0.05, 0.1) is 0 Å². The van der Waals surface area contributed by atoms with E-state index in [1.54, 1.807) is 7.05 Å². The van der Waals surface area contributed by atoms with E-state index in [0.29, 0.717) is 17.1 Å². The van der Waals surface area contributed by atoms with E-state index in [9.17, 15) is 9.59 Å². The number of hydrogen-bond acceptors (Lipinski definition) is 5. The lowest BCUT2D eigenvalue weighted by Crippen LogP contribution is -2.39. The van der Waals surface area contributed by atoms with Crippen molar-refractivity contribution < 1.29 is 0 Å². The van der Waals surface area contributed by atoms with Gasteiger partial charge in [-0.15, -0.1) is 0 Å². The topological polar surface area (TPSA) is 79.8 Å². The summed E-state index contributed by atoms with van der Waals surface area (Å²) in [6, 6.07) is 0.434. The molecule has 0 spiro atoms. The zero-order valence-electron chi connectivity index (χ0n) is 12.7. The molecular formula is C14H24N4O2S. The second kappa shape index (κ2) is 7.79. The Morgan fingerprint density at radius 3 is 2.76 bits per heavy atom. The van der Waals surface area contributed by atoms with Crippen LogP contribution in [0.4, 0.5) is 0 Å². The van der Waals surface area contributed by atoms with Gasteiger partial charge in [0.15, 0.2) is 5.16 Å². The Morgan fingerprint density at radius 1 is 1.38 bits per heavy atom. The van der Waals surface area contributed by atoms with E-state index in [1.807, 2.05) is 0 Å². The third kappa shape index (κ3) is 4.44. The van der Waals surface area contributed by atoms with Crippen molar-refractivity contribution in [3.05, 3.63) is 20.7 Å². The summed E-state index contributed by atoms with van der Waals surface area (Å²) in [5.74, 6) is 1.57. The molecule has 1 aliphatic rings. The highest BCUT2D eigenvalue weighted by Gasteiger charge is 2.23. The first-order valence-electron chi connectivity index (χ1n) is 7.65. The molecule has 1 aromatic rings. The monoisotopic (exact) mass is 312 g/mol. The van der Waals surface area contributed by atoms with Gasteiger partial charge in [0, 0.05) is 18.8 Å². The van der Waals surface area contributed by atoms with Gasteiger partial charge in [0.1, 0.15) is 0 Å². The minimum Gasteiger partial charge on any atom is -0.313 e. The number of nitrogens with zero attached hydrogens (tertiary/aromatic N) is 2. The molecule has 118 valence electrons. The van der Waals surface area contributed by atoms with Gasteiger partial charge in [-0.25, -0.2) is 0 Å². The average molecular weight is 312 g/mol. The summed E-state index contributed by atoms with van der Waals surface area (Å²) >= 11 is 1.53. The van der Waals surface area contributed by atoms with Crippen LogP contribution in [0.3, 0.4) is 0 Å². The fourth-order valence-electron chi connectivity index (χ4n) is 2.91. The molecule has 1 fully saturated rings. The second-order valence-electron chi connectivity index (χ2n) is 5.57. The summed E-state index contributed by atoms with van der Waals surface area (Å²) in [5, 5.41) is 6.62. The molecule has 2 rings (SSSR count). The lowest BCUT2D eigenvalue weighted by atomic mass is 9.84. The predicted molar refractivity (Wildman–Crippen MR) is 84.9 cm³/mol. The number of H-pyrrole nitrogens is 1. The van der Waals surface area contributed by atoms with E-state index >= 15 is 0 Å². The van der Waals surface area contributed by atoms with Gasteiger partial charge < -0.3 is 5.32 Å². The van der Waals surface area contributed by atoms with Gasteiger partial charge in [-0.05, 0) is 25.3 Å². The highest BCUT2D eigenvalue weighted by Crippen LogP contribution is 2.28. The van der Waals surface area contributed by atoms with Crippen LogP contribution in [0.5, 0.6) is 0 Å². The first-order chi connectivity index (χ1) is 10.1. The first kappa shape index (κ1) is 16.3. The molecule has 1 aromatic heterocycles. The van der Waals surface area contributed by atoms with Crippen molar-refractivity contribution in [3.63, 3.8) is 0 Å². The fraction of sp³-hybridized carbons (Fsp3) is 0.786. The Kier molecular flexibility index (Phi) is 6.05. The van der Waals surface area contributed by atoms with Crippen LogP contribution in [0.25, 0.3) is 0 Å². The van der Waals surface area contributed by atoms with Crippen molar-refractivity contribution in [2.75, 3.05) is 12.3 Å². The molecule has 1 aliphatic carbocycles. The first-order valence-corrected chi connectivity index (χ1v) is 8.64. The summed E-state index contributed by atoms with van der Waals surface area (Å²) in [7, 11) is 1.71. The van der Waals surface area contributed by atoms with E-state index < -0.39 is 11.1 Å². The van der Waals surface area contributed by atoms with Crippen LogP contribution in [0.1, 0.15) is 39.0 Å². The van der Waals surface area contributed by atoms with Gasteiger partial charge in [-0.1, -0.05) is 37.9 Å². The standard InChI is InChI=1S/C14H24N4O2S/c1-3-15-11(10-7-5-4-6-8-10)9-21-14-16-12(19)13(20)17-18(14)2/h10-11,15H,3-9H2,1-2H3,(H,17,20). The van der Waals surface area contributed by atoms with E-state index in [2.05, 4.69) is 22.3 Å². The minimum atomic E-state index is -0.715. The van der Waals surface area contributed by atoms with Gasteiger partial charge >= 0.3 is 11.1 Å². The molecule has 1 heterocycles. The Labute approximate surface area is 128 Å². The quantitative estimate of drug-likeness (QED) is 0.608. The maximum Gasteiger partial charge on any atom is 0.339 e. The fourth-order valence-corrected chi connectivity index (χ4v) is 4.02. The van der Waals surface area contributed by atoms with Crippen molar-refractivity contribution in [2.24, 2.45) is 13.0 Å². The highest BCUT2D eigenvalue weighted by atomic mass is 32.2. The molecule has 0 aliphatic heterocycles. The summed E-state index contributed by atoms with van der Waals surface area (Å²) in [6.45, 7) is 3.06. The zero-order valence-corrected chi connectivity index (χ0v) is 13.5. The normalized spacial score (nSPS) is 17.8. The summed E-state index contributed by atoms with van der Waals surface area (Å²) < 4.78 is 1.53. The van der Waals surface area contributed by atoms with Crippen LogP contribution in [-0.4, -0.2) is 33.1 Å². The summed E-state index contributed by atoms with van der Waals surface area (Å²) in [6.07, 6.45) is 6.52. The molecule has 0 saturated heterocycles. The Balaban J connectivity index is 2.02. The molecule has 0 bridgehead atoms. The lowest BCUT2D eigenvalue weighted by molar-refractivity contribution is 0.287. The van der Waals surface area contributed by atoms with Crippen molar-refractivity contribution in [1.29, 1.82) is 0 Å². The third-order valence-corrected chi connectivity index (χ3v) is 5.17. The second-order valence-corrected chi connectivity index (χ2v) is 6.56. The number of aromatic amines is 1. The Bertz CT molecular complexity index is 563. The van der Waals surface area contributed by atoms with Crippen molar-refractivity contribution in [3.8, 4) is 0 Å². The average Bonchev–Trinajstić information content (AvgIpc) is 2.49. The molecule has 0 amide bonds. The molecule has 0 aromatic carbocycles. The largest absolute Gasteiger partial charge is 0.339 e. The van der Waals surface area contributed by atoms with Crippen LogP contribution in [0, 0.1) is 5.92 Å². The number of aryl methyl sites for hydroxylation is 1. The maximum absolute atomic E-state index is 11.4. The van der Waals surface area contributed by atoms with Crippen molar-refractivity contribution in [1.82, 2.24) is 20.1 Å².